The second kappa shape index (κ2) is 9.30. The van der Waals surface area contributed by atoms with Gasteiger partial charge in [0.2, 0.25) is 0 Å². The van der Waals surface area contributed by atoms with Crippen LogP contribution in [0, 0.1) is 0 Å². The molecule has 0 spiro atoms. The van der Waals surface area contributed by atoms with Crippen molar-refractivity contribution in [2.75, 3.05) is 20.8 Å². The number of nitrogens with zero attached hydrogens (tertiary/aromatic N) is 1. The minimum Gasteiger partial charge on any atom is -0.496 e. The van der Waals surface area contributed by atoms with Crippen molar-refractivity contribution in [3.63, 3.8) is 0 Å². The molecule has 3 aromatic carbocycles. The fourth-order valence-electron chi connectivity index (χ4n) is 2.91. The Bertz CT molecular complexity index is 1070. The Morgan fingerprint density at radius 1 is 1.07 bits per heavy atom. The average Bonchev–Trinajstić information content (AvgIpc) is 2.72. The van der Waals surface area contributed by atoms with Crippen molar-refractivity contribution in [3.05, 3.63) is 64.7 Å². The Morgan fingerprint density at radius 3 is 2.45 bits per heavy atom. The summed E-state index contributed by atoms with van der Waals surface area (Å²) in [7, 11) is 3.05. The summed E-state index contributed by atoms with van der Waals surface area (Å²) >= 11 is 6.23. The highest BCUT2D eigenvalue weighted by Gasteiger charge is 2.14. The average molecular weight is 413 g/mol. The number of nitrogens with one attached hydrogen (secondary N) is 1. The molecule has 3 aromatic rings. The zero-order valence-electron chi connectivity index (χ0n) is 16.4. The number of carbonyl (C=O) groups is 1. The highest BCUT2D eigenvalue weighted by atomic mass is 35.5. The molecule has 0 aliphatic heterocycles. The number of methoxy groups -OCH3 is 2. The number of halogens is 1. The molecule has 3 rings (SSSR count). The maximum absolute atomic E-state index is 12.6. The van der Waals surface area contributed by atoms with Gasteiger partial charge in [-0.25, -0.2) is 5.43 Å². The zero-order chi connectivity index (χ0) is 20.8. The number of rotatable bonds is 7. The van der Waals surface area contributed by atoms with Crippen molar-refractivity contribution in [1.82, 2.24) is 5.43 Å². The van der Waals surface area contributed by atoms with E-state index in [4.69, 9.17) is 25.8 Å². The first kappa shape index (κ1) is 20.5. The predicted molar refractivity (Wildman–Crippen MR) is 115 cm³/mol. The normalized spacial score (nSPS) is 10.9. The Morgan fingerprint density at radius 2 is 1.79 bits per heavy atom. The van der Waals surface area contributed by atoms with Crippen LogP contribution < -0.4 is 19.6 Å². The SMILES string of the molecule is CCOc1cc(C=NNC(=O)c2cc3ccccc3cc2OC)cc(Cl)c1OC. The standard InChI is InChI=1S/C22H21ClN2O4/c1-4-29-20-10-14(9-18(23)21(20)28-3)13-24-25-22(26)17-11-15-7-5-6-8-16(15)12-19(17)27-2/h5-13H,4H2,1-3H3,(H,25,26). The second-order valence-corrected chi connectivity index (χ2v) is 6.47. The van der Waals surface area contributed by atoms with Gasteiger partial charge in [-0.15, -0.1) is 0 Å². The molecular weight excluding hydrogens is 392 g/mol. The first-order valence-corrected chi connectivity index (χ1v) is 9.35. The lowest BCUT2D eigenvalue weighted by molar-refractivity contribution is 0.0952. The molecule has 29 heavy (non-hydrogen) atoms. The first-order valence-electron chi connectivity index (χ1n) is 8.97. The summed E-state index contributed by atoms with van der Waals surface area (Å²) in [4.78, 5) is 12.6. The van der Waals surface area contributed by atoms with Crippen LogP contribution in [0.1, 0.15) is 22.8 Å². The van der Waals surface area contributed by atoms with Gasteiger partial charge in [0.15, 0.2) is 11.5 Å². The Balaban J connectivity index is 1.82. The van der Waals surface area contributed by atoms with E-state index >= 15 is 0 Å². The molecule has 0 fully saturated rings. The summed E-state index contributed by atoms with van der Waals surface area (Å²) in [6.07, 6.45) is 1.49. The number of ether oxygens (including phenoxy) is 3. The van der Waals surface area contributed by atoms with Crippen LogP contribution in [-0.4, -0.2) is 32.9 Å². The number of fused-ring (bicyclic) bond motifs is 1. The van der Waals surface area contributed by atoms with Crippen LogP contribution in [0.25, 0.3) is 10.8 Å². The van der Waals surface area contributed by atoms with E-state index < -0.39 is 0 Å². The quantitative estimate of drug-likeness (QED) is 0.452. The van der Waals surface area contributed by atoms with Gasteiger partial charge >= 0.3 is 0 Å². The Labute approximate surface area is 174 Å². The molecule has 0 atom stereocenters. The summed E-state index contributed by atoms with van der Waals surface area (Å²) < 4.78 is 16.2. The smallest absolute Gasteiger partial charge is 0.275 e. The summed E-state index contributed by atoms with van der Waals surface area (Å²) in [5, 5.41) is 6.35. The van der Waals surface area contributed by atoms with Gasteiger partial charge in [0.1, 0.15) is 5.75 Å². The van der Waals surface area contributed by atoms with Gasteiger partial charge in [-0.3, -0.25) is 4.79 Å². The molecule has 7 heteroatoms. The van der Waals surface area contributed by atoms with E-state index in [-0.39, 0.29) is 5.91 Å². The molecular formula is C22H21ClN2O4. The van der Waals surface area contributed by atoms with Crippen molar-refractivity contribution in [3.8, 4) is 17.2 Å². The monoisotopic (exact) mass is 412 g/mol. The van der Waals surface area contributed by atoms with Crippen LogP contribution in [0.15, 0.2) is 53.6 Å². The second-order valence-electron chi connectivity index (χ2n) is 6.07. The van der Waals surface area contributed by atoms with E-state index in [1.165, 1.54) is 20.4 Å². The summed E-state index contributed by atoms with van der Waals surface area (Å²) in [5.74, 6) is 1.05. The van der Waals surface area contributed by atoms with E-state index in [1.807, 2.05) is 37.3 Å². The fourth-order valence-corrected chi connectivity index (χ4v) is 3.21. The minimum absolute atomic E-state index is 0.381. The van der Waals surface area contributed by atoms with Gasteiger partial charge in [0.25, 0.3) is 5.91 Å². The summed E-state index contributed by atoms with van der Waals surface area (Å²) in [5.41, 5.74) is 3.57. The molecule has 0 bridgehead atoms. The molecule has 0 radical (unpaired) electrons. The molecule has 0 saturated carbocycles. The third kappa shape index (κ3) is 4.60. The van der Waals surface area contributed by atoms with E-state index in [1.54, 1.807) is 18.2 Å². The topological polar surface area (TPSA) is 69.2 Å². The van der Waals surface area contributed by atoms with Crippen LogP contribution in [0.3, 0.4) is 0 Å². The number of hydrogen-bond acceptors (Lipinski definition) is 5. The van der Waals surface area contributed by atoms with Gasteiger partial charge in [0, 0.05) is 0 Å². The molecule has 150 valence electrons. The molecule has 0 unspecified atom stereocenters. The van der Waals surface area contributed by atoms with Crippen molar-refractivity contribution < 1.29 is 19.0 Å². The van der Waals surface area contributed by atoms with Gasteiger partial charge in [-0.1, -0.05) is 35.9 Å². The number of amides is 1. The lowest BCUT2D eigenvalue weighted by atomic mass is 10.1. The largest absolute Gasteiger partial charge is 0.496 e. The van der Waals surface area contributed by atoms with Crippen LogP contribution in [0.4, 0.5) is 0 Å². The third-order valence-electron chi connectivity index (χ3n) is 4.23. The number of hydrazone groups is 1. The molecule has 0 heterocycles. The van der Waals surface area contributed by atoms with Crippen molar-refractivity contribution in [2.45, 2.75) is 6.92 Å². The van der Waals surface area contributed by atoms with E-state index in [0.29, 0.717) is 40.0 Å². The fraction of sp³-hybridized carbons (Fsp3) is 0.182. The van der Waals surface area contributed by atoms with Crippen LogP contribution >= 0.6 is 11.6 Å². The predicted octanol–water partition coefficient (Wildman–Crippen LogP) is 4.67. The number of hydrogen-bond donors (Lipinski definition) is 1. The highest BCUT2D eigenvalue weighted by Crippen LogP contribution is 2.35. The first-order chi connectivity index (χ1) is 14.1. The van der Waals surface area contributed by atoms with E-state index in [0.717, 1.165) is 10.8 Å². The van der Waals surface area contributed by atoms with Crippen LogP contribution in [0.2, 0.25) is 5.02 Å². The maximum Gasteiger partial charge on any atom is 0.275 e. The molecule has 0 aromatic heterocycles. The lowest BCUT2D eigenvalue weighted by Crippen LogP contribution is -2.18. The summed E-state index contributed by atoms with van der Waals surface area (Å²) in [6.45, 7) is 2.33. The molecule has 1 N–H and O–H groups in total. The molecule has 0 saturated heterocycles. The number of carbonyl (C=O) groups excluding carboxylic acids is 1. The minimum atomic E-state index is -0.381. The van der Waals surface area contributed by atoms with Gasteiger partial charge in [0.05, 0.1) is 37.6 Å². The molecule has 6 nitrogen and oxygen atoms in total. The maximum atomic E-state index is 12.6. The highest BCUT2D eigenvalue weighted by molar-refractivity contribution is 6.32. The van der Waals surface area contributed by atoms with Crippen molar-refractivity contribution in [2.24, 2.45) is 5.10 Å². The van der Waals surface area contributed by atoms with Gasteiger partial charge in [-0.2, -0.15) is 5.10 Å². The van der Waals surface area contributed by atoms with E-state index in [2.05, 4.69) is 10.5 Å². The molecule has 0 aliphatic carbocycles. The van der Waals surface area contributed by atoms with Crippen molar-refractivity contribution in [1.29, 1.82) is 0 Å². The zero-order valence-corrected chi connectivity index (χ0v) is 17.1. The Kier molecular flexibility index (Phi) is 6.57. The summed E-state index contributed by atoms with van der Waals surface area (Å²) in [6, 6.07) is 14.8. The van der Waals surface area contributed by atoms with E-state index in [9.17, 15) is 4.79 Å². The van der Waals surface area contributed by atoms with Crippen LogP contribution in [-0.2, 0) is 0 Å². The molecule has 1 amide bonds. The Hall–Kier alpha value is -3.25. The van der Waals surface area contributed by atoms with Crippen molar-refractivity contribution >= 4 is 34.5 Å². The van der Waals surface area contributed by atoms with Crippen LogP contribution in [0.5, 0.6) is 17.2 Å². The lowest BCUT2D eigenvalue weighted by Gasteiger charge is -2.11. The number of benzene rings is 3. The van der Waals surface area contributed by atoms with Gasteiger partial charge < -0.3 is 14.2 Å². The molecule has 0 aliphatic rings. The van der Waals surface area contributed by atoms with Gasteiger partial charge in [-0.05, 0) is 47.5 Å². The third-order valence-corrected chi connectivity index (χ3v) is 4.51.